The van der Waals surface area contributed by atoms with Gasteiger partial charge in [-0.05, 0) is 33.1 Å². The molecule has 0 saturated heterocycles. The molecule has 2 unspecified atom stereocenters. The van der Waals surface area contributed by atoms with Crippen LogP contribution in [0.2, 0.25) is 0 Å². The Bertz CT molecular complexity index is 154. The van der Waals surface area contributed by atoms with Crippen molar-refractivity contribution in [3.63, 3.8) is 0 Å². The lowest BCUT2D eigenvalue weighted by Gasteiger charge is -2.35. The highest BCUT2D eigenvalue weighted by atomic mass is 16.5. The van der Waals surface area contributed by atoms with Crippen LogP contribution in [0.5, 0.6) is 0 Å². The summed E-state index contributed by atoms with van der Waals surface area (Å²) in [6.07, 6.45) is 5.10. The van der Waals surface area contributed by atoms with Crippen molar-refractivity contribution in [3.05, 3.63) is 0 Å². The van der Waals surface area contributed by atoms with Crippen LogP contribution in [-0.2, 0) is 4.74 Å². The van der Waals surface area contributed by atoms with E-state index in [1.54, 1.807) is 0 Å². The molecule has 2 heteroatoms. The topological polar surface area (TPSA) is 29.5 Å². The number of aliphatic hydroxyl groups is 1. The summed E-state index contributed by atoms with van der Waals surface area (Å²) in [6.45, 7) is 6.30. The van der Waals surface area contributed by atoms with E-state index in [1.165, 1.54) is 6.42 Å². The standard InChI is InChI=1S/C11H22O2/c1-4-11(2,3)13-10-8-6-5-7-9(10)12/h9-10,12H,4-8H2,1-3H3. The van der Waals surface area contributed by atoms with Crippen LogP contribution in [0.1, 0.15) is 52.9 Å². The lowest BCUT2D eigenvalue weighted by atomic mass is 9.93. The Hall–Kier alpha value is -0.0800. The summed E-state index contributed by atoms with van der Waals surface area (Å²) >= 11 is 0. The molecular formula is C11H22O2. The van der Waals surface area contributed by atoms with E-state index >= 15 is 0 Å². The van der Waals surface area contributed by atoms with Gasteiger partial charge in [-0.3, -0.25) is 0 Å². The zero-order valence-corrected chi connectivity index (χ0v) is 9.05. The smallest absolute Gasteiger partial charge is 0.0841 e. The van der Waals surface area contributed by atoms with Crippen LogP contribution < -0.4 is 0 Å². The summed E-state index contributed by atoms with van der Waals surface area (Å²) in [5.41, 5.74) is -0.0804. The second-order valence-corrected chi connectivity index (χ2v) is 4.62. The van der Waals surface area contributed by atoms with Gasteiger partial charge >= 0.3 is 0 Å². The van der Waals surface area contributed by atoms with Crippen molar-refractivity contribution in [2.45, 2.75) is 70.7 Å². The van der Waals surface area contributed by atoms with E-state index < -0.39 is 0 Å². The van der Waals surface area contributed by atoms with Crippen molar-refractivity contribution < 1.29 is 9.84 Å². The van der Waals surface area contributed by atoms with Gasteiger partial charge in [0.25, 0.3) is 0 Å². The van der Waals surface area contributed by atoms with Crippen molar-refractivity contribution in [1.82, 2.24) is 0 Å². The first kappa shape index (κ1) is 11.0. The molecule has 0 bridgehead atoms. The lowest BCUT2D eigenvalue weighted by molar-refractivity contribution is -0.133. The zero-order valence-electron chi connectivity index (χ0n) is 9.05. The van der Waals surface area contributed by atoms with E-state index in [1.807, 2.05) is 0 Å². The minimum Gasteiger partial charge on any atom is -0.390 e. The number of aliphatic hydroxyl groups excluding tert-OH is 1. The van der Waals surface area contributed by atoms with Crippen molar-refractivity contribution in [2.24, 2.45) is 0 Å². The molecule has 1 aliphatic rings. The minimum atomic E-state index is -0.237. The average molecular weight is 186 g/mol. The Morgan fingerprint density at radius 1 is 1.31 bits per heavy atom. The van der Waals surface area contributed by atoms with E-state index in [0.29, 0.717) is 0 Å². The van der Waals surface area contributed by atoms with Gasteiger partial charge in [0.1, 0.15) is 0 Å². The van der Waals surface area contributed by atoms with Crippen LogP contribution in [0.3, 0.4) is 0 Å². The predicted molar refractivity (Wildman–Crippen MR) is 53.7 cm³/mol. The fraction of sp³-hybridized carbons (Fsp3) is 1.00. The quantitative estimate of drug-likeness (QED) is 0.733. The molecule has 0 amide bonds. The third kappa shape index (κ3) is 3.28. The highest BCUT2D eigenvalue weighted by molar-refractivity contribution is 4.78. The van der Waals surface area contributed by atoms with Crippen LogP contribution in [0.15, 0.2) is 0 Å². The largest absolute Gasteiger partial charge is 0.390 e. The molecule has 2 nitrogen and oxygen atoms in total. The maximum Gasteiger partial charge on any atom is 0.0841 e. The van der Waals surface area contributed by atoms with Gasteiger partial charge in [-0.2, -0.15) is 0 Å². The fourth-order valence-corrected chi connectivity index (χ4v) is 1.71. The Morgan fingerprint density at radius 2 is 1.92 bits per heavy atom. The molecule has 0 aromatic heterocycles. The number of rotatable bonds is 3. The molecule has 1 aliphatic carbocycles. The predicted octanol–water partition coefficient (Wildman–Crippen LogP) is 2.50. The van der Waals surface area contributed by atoms with Crippen LogP contribution in [0.25, 0.3) is 0 Å². The molecule has 0 spiro atoms. The molecule has 1 saturated carbocycles. The van der Waals surface area contributed by atoms with Gasteiger partial charge in [0.05, 0.1) is 17.8 Å². The highest BCUT2D eigenvalue weighted by Gasteiger charge is 2.29. The fourth-order valence-electron chi connectivity index (χ4n) is 1.71. The van der Waals surface area contributed by atoms with Gasteiger partial charge in [-0.1, -0.05) is 19.8 Å². The summed E-state index contributed by atoms with van der Waals surface area (Å²) in [7, 11) is 0. The molecule has 1 rings (SSSR count). The van der Waals surface area contributed by atoms with Crippen molar-refractivity contribution in [2.75, 3.05) is 0 Å². The highest BCUT2D eigenvalue weighted by Crippen LogP contribution is 2.26. The SMILES string of the molecule is CCC(C)(C)OC1CCCCC1O. The Kier molecular flexibility index (Phi) is 3.74. The second kappa shape index (κ2) is 4.43. The monoisotopic (exact) mass is 186 g/mol. The minimum absolute atomic E-state index is 0.0729. The van der Waals surface area contributed by atoms with Crippen molar-refractivity contribution >= 4 is 0 Å². The third-order valence-electron chi connectivity index (χ3n) is 2.99. The van der Waals surface area contributed by atoms with E-state index in [4.69, 9.17) is 4.74 Å². The van der Waals surface area contributed by atoms with Crippen molar-refractivity contribution in [3.8, 4) is 0 Å². The molecule has 1 fully saturated rings. The summed E-state index contributed by atoms with van der Waals surface area (Å²) in [5, 5.41) is 9.70. The zero-order chi connectivity index (χ0) is 9.90. The van der Waals surface area contributed by atoms with Crippen LogP contribution in [0, 0.1) is 0 Å². The van der Waals surface area contributed by atoms with E-state index in [9.17, 15) is 5.11 Å². The number of ether oxygens (including phenoxy) is 1. The van der Waals surface area contributed by atoms with Crippen LogP contribution in [-0.4, -0.2) is 22.9 Å². The van der Waals surface area contributed by atoms with Gasteiger partial charge in [0, 0.05) is 0 Å². The maximum atomic E-state index is 9.70. The van der Waals surface area contributed by atoms with Gasteiger partial charge in [-0.15, -0.1) is 0 Å². The van der Waals surface area contributed by atoms with Gasteiger partial charge < -0.3 is 9.84 Å². The number of hydrogen-bond acceptors (Lipinski definition) is 2. The van der Waals surface area contributed by atoms with Crippen LogP contribution >= 0.6 is 0 Å². The van der Waals surface area contributed by atoms with E-state index in [-0.39, 0.29) is 17.8 Å². The molecule has 13 heavy (non-hydrogen) atoms. The Balaban J connectivity index is 2.42. The maximum absolute atomic E-state index is 9.70. The van der Waals surface area contributed by atoms with Crippen LogP contribution in [0.4, 0.5) is 0 Å². The summed E-state index contributed by atoms with van der Waals surface area (Å²) in [4.78, 5) is 0. The second-order valence-electron chi connectivity index (χ2n) is 4.62. The molecule has 0 radical (unpaired) electrons. The average Bonchev–Trinajstić information content (AvgIpc) is 2.09. The molecule has 2 atom stereocenters. The lowest BCUT2D eigenvalue weighted by Crippen LogP contribution is -2.39. The van der Waals surface area contributed by atoms with Gasteiger partial charge in [0.15, 0.2) is 0 Å². The molecule has 1 N–H and O–H groups in total. The normalized spacial score (nSPS) is 30.5. The first-order chi connectivity index (χ1) is 6.05. The van der Waals surface area contributed by atoms with Gasteiger partial charge in [-0.25, -0.2) is 0 Å². The number of hydrogen-bond donors (Lipinski definition) is 1. The first-order valence-electron chi connectivity index (χ1n) is 5.41. The van der Waals surface area contributed by atoms with E-state index in [2.05, 4.69) is 20.8 Å². The van der Waals surface area contributed by atoms with E-state index in [0.717, 1.165) is 25.7 Å². The molecule has 0 aliphatic heterocycles. The summed E-state index contributed by atoms with van der Waals surface area (Å²) in [6, 6.07) is 0. The molecule has 0 aromatic carbocycles. The molecular weight excluding hydrogens is 164 g/mol. The summed E-state index contributed by atoms with van der Waals surface area (Å²) in [5.74, 6) is 0. The molecule has 0 heterocycles. The first-order valence-corrected chi connectivity index (χ1v) is 5.41. The van der Waals surface area contributed by atoms with Gasteiger partial charge in [0.2, 0.25) is 0 Å². The van der Waals surface area contributed by atoms with Crippen molar-refractivity contribution in [1.29, 1.82) is 0 Å². The molecule has 78 valence electrons. The Labute approximate surface area is 81.3 Å². The third-order valence-corrected chi connectivity index (χ3v) is 2.99. The Morgan fingerprint density at radius 3 is 2.46 bits per heavy atom. The summed E-state index contributed by atoms with van der Waals surface area (Å²) < 4.78 is 5.89. The molecule has 0 aromatic rings.